The molecule has 0 spiro atoms. The average molecular weight is 422 g/mol. The summed E-state index contributed by atoms with van der Waals surface area (Å²) in [6, 6.07) is 3.14. The summed E-state index contributed by atoms with van der Waals surface area (Å²) in [5.41, 5.74) is -2.81. The third kappa shape index (κ3) is 5.68. The summed E-state index contributed by atoms with van der Waals surface area (Å²) in [7, 11) is 0. The summed E-state index contributed by atoms with van der Waals surface area (Å²) in [6.07, 6.45) is -5.85. The number of amides is 2. The molecule has 12 heteroatoms. The normalized spacial score (nSPS) is 11.5. The Kier molecular flexibility index (Phi) is 7.00. The molecule has 0 unspecified atom stereocenters. The van der Waals surface area contributed by atoms with Crippen molar-refractivity contribution in [1.82, 2.24) is 15.5 Å². The van der Waals surface area contributed by atoms with E-state index in [-0.39, 0.29) is 17.8 Å². The van der Waals surface area contributed by atoms with Gasteiger partial charge in [0.2, 0.25) is 0 Å². The van der Waals surface area contributed by atoms with Crippen molar-refractivity contribution in [2.24, 2.45) is 0 Å². The van der Waals surface area contributed by atoms with Gasteiger partial charge in [0.05, 0.1) is 5.56 Å². The number of hydrogen-bond donors (Lipinski definition) is 3. The Morgan fingerprint density at radius 3 is 2.46 bits per heavy atom. The van der Waals surface area contributed by atoms with Gasteiger partial charge in [-0.1, -0.05) is 0 Å². The van der Waals surface area contributed by atoms with Crippen LogP contribution in [0.15, 0.2) is 24.3 Å². The van der Waals surface area contributed by atoms with E-state index in [4.69, 9.17) is 0 Å². The fourth-order valence-corrected chi connectivity index (χ4v) is 2.43. The molecular weight excluding hydrogens is 407 g/mol. The maximum atomic E-state index is 13.1. The van der Waals surface area contributed by atoms with E-state index in [1.165, 1.54) is 11.8 Å². The first-order chi connectivity index (χ1) is 13.1. The standard InChI is InChI=1S/C16H15F5N4O2S/c1-28-3-2-22-14(26)8-4-9(16(19,20)21)6-10(5-8)23-15(27)12-7-11(13(17)18)24-25-12/h4-7,13H,2-3H2,1H3,(H,22,26)(H,23,27)(H,24,25). The van der Waals surface area contributed by atoms with Gasteiger partial charge < -0.3 is 10.6 Å². The molecule has 0 atom stereocenters. The Balaban J connectivity index is 2.27. The topological polar surface area (TPSA) is 86.9 Å². The number of nitrogens with one attached hydrogen (secondary N) is 3. The minimum atomic E-state index is -4.76. The molecule has 0 saturated carbocycles. The van der Waals surface area contributed by atoms with Gasteiger partial charge in [0, 0.05) is 23.5 Å². The van der Waals surface area contributed by atoms with Crippen LogP contribution in [0.4, 0.5) is 27.6 Å². The minimum Gasteiger partial charge on any atom is -0.351 e. The summed E-state index contributed by atoms with van der Waals surface area (Å²) >= 11 is 1.44. The van der Waals surface area contributed by atoms with Gasteiger partial charge in [-0.25, -0.2) is 8.78 Å². The number of halogens is 5. The lowest BCUT2D eigenvalue weighted by Gasteiger charge is -2.13. The molecule has 2 amide bonds. The summed E-state index contributed by atoms with van der Waals surface area (Å²) in [5.74, 6) is -1.17. The molecule has 2 rings (SSSR count). The van der Waals surface area contributed by atoms with E-state index >= 15 is 0 Å². The highest BCUT2D eigenvalue weighted by molar-refractivity contribution is 7.98. The van der Waals surface area contributed by atoms with Crippen molar-refractivity contribution in [2.45, 2.75) is 12.6 Å². The predicted octanol–water partition coefficient (Wildman–Crippen LogP) is 3.71. The molecule has 0 aliphatic heterocycles. The quantitative estimate of drug-likeness (QED) is 0.469. The second-order valence-corrected chi connectivity index (χ2v) is 6.49. The second-order valence-electron chi connectivity index (χ2n) is 5.51. The van der Waals surface area contributed by atoms with Crippen LogP contribution in [0.2, 0.25) is 0 Å². The van der Waals surface area contributed by atoms with Crippen LogP contribution in [-0.4, -0.2) is 40.6 Å². The SMILES string of the molecule is CSCCNC(=O)c1cc(NC(=O)c2cc(C(F)F)[nH]n2)cc(C(F)(F)F)c1. The van der Waals surface area contributed by atoms with Gasteiger partial charge in [0.15, 0.2) is 5.69 Å². The fraction of sp³-hybridized carbons (Fsp3) is 0.312. The van der Waals surface area contributed by atoms with Crippen LogP contribution in [-0.2, 0) is 6.18 Å². The zero-order valence-electron chi connectivity index (χ0n) is 14.4. The van der Waals surface area contributed by atoms with Crippen LogP contribution in [0, 0.1) is 0 Å². The Labute approximate surface area is 160 Å². The molecule has 0 fully saturated rings. The highest BCUT2D eigenvalue weighted by Gasteiger charge is 2.32. The molecule has 0 aliphatic carbocycles. The summed E-state index contributed by atoms with van der Waals surface area (Å²) in [5, 5.41) is 9.95. The van der Waals surface area contributed by atoms with E-state index in [2.05, 4.69) is 15.7 Å². The third-order valence-electron chi connectivity index (χ3n) is 3.44. The molecule has 6 nitrogen and oxygen atoms in total. The van der Waals surface area contributed by atoms with E-state index in [1.54, 1.807) is 6.26 Å². The van der Waals surface area contributed by atoms with E-state index in [9.17, 15) is 31.5 Å². The smallest absolute Gasteiger partial charge is 0.351 e. The number of alkyl halides is 5. The lowest BCUT2D eigenvalue weighted by Crippen LogP contribution is -2.26. The monoisotopic (exact) mass is 422 g/mol. The average Bonchev–Trinajstić information content (AvgIpc) is 3.11. The van der Waals surface area contributed by atoms with Crippen LogP contribution in [0.25, 0.3) is 0 Å². The Hall–Kier alpha value is -2.63. The number of thioether (sulfide) groups is 1. The van der Waals surface area contributed by atoms with Crippen molar-refractivity contribution in [3.63, 3.8) is 0 Å². The summed E-state index contributed by atoms with van der Waals surface area (Å²) < 4.78 is 64.5. The molecule has 28 heavy (non-hydrogen) atoms. The van der Waals surface area contributed by atoms with E-state index in [0.29, 0.717) is 17.9 Å². The lowest BCUT2D eigenvalue weighted by molar-refractivity contribution is -0.137. The zero-order chi connectivity index (χ0) is 20.9. The Morgan fingerprint density at radius 1 is 1.18 bits per heavy atom. The highest BCUT2D eigenvalue weighted by Crippen LogP contribution is 2.32. The Morgan fingerprint density at radius 2 is 1.89 bits per heavy atom. The van der Waals surface area contributed by atoms with Crippen molar-refractivity contribution in [2.75, 3.05) is 23.9 Å². The van der Waals surface area contributed by atoms with Gasteiger partial charge in [-0.05, 0) is 30.5 Å². The lowest BCUT2D eigenvalue weighted by atomic mass is 10.1. The molecule has 0 bridgehead atoms. The largest absolute Gasteiger partial charge is 0.416 e. The van der Waals surface area contributed by atoms with Crippen molar-refractivity contribution in [3.8, 4) is 0 Å². The van der Waals surface area contributed by atoms with Crippen LogP contribution in [0.1, 0.15) is 38.5 Å². The molecule has 1 heterocycles. The number of nitrogens with zero attached hydrogens (tertiary/aromatic N) is 1. The first-order valence-corrected chi connectivity index (χ1v) is 9.15. The number of benzene rings is 1. The Bertz CT molecular complexity index is 854. The molecule has 1 aromatic carbocycles. The molecule has 2 aromatic rings. The molecule has 0 saturated heterocycles. The summed E-state index contributed by atoms with van der Waals surface area (Å²) in [4.78, 5) is 24.2. The number of H-pyrrole nitrogens is 1. The predicted molar refractivity (Wildman–Crippen MR) is 93.7 cm³/mol. The number of carbonyl (C=O) groups excluding carboxylic acids is 2. The first kappa shape index (κ1) is 21.7. The van der Waals surface area contributed by atoms with Crippen molar-refractivity contribution in [1.29, 1.82) is 0 Å². The fourth-order valence-electron chi connectivity index (χ4n) is 2.12. The molecular formula is C16H15F5N4O2S. The maximum Gasteiger partial charge on any atom is 0.416 e. The van der Waals surface area contributed by atoms with Crippen molar-refractivity contribution >= 4 is 29.3 Å². The zero-order valence-corrected chi connectivity index (χ0v) is 15.2. The molecule has 3 N–H and O–H groups in total. The van der Waals surface area contributed by atoms with Crippen LogP contribution in [0.3, 0.4) is 0 Å². The van der Waals surface area contributed by atoms with Gasteiger partial charge in [-0.15, -0.1) is 0 Å². The van der Waals surface area contributed by atoms with E-state index in [1.807, 2.05) is 5.10 Å². The molecule has 0 radical (unpaired) electrons. The van der Waals surface area contributed by atoms with Gasteiger partial charge in [-0.3, -0.25) is 14.7 Å². The number of rotatable bonds is 7. The summed E-state index contributed by atoms with van der Waals surface area (Å²) in [6.45, 7) is 0.252. The number of aromatic nitrogens is 2. The van der Waals surface area contributed by atoms with E-state index < -0.39 is 41.4 Å². The third-order valence-corrected chi connectivity index (χ3v) is 4.05. The first-order valence-electron chi connectivity index (χ1n) is 7.76. The van der Waals surface area contributed by atoms with Gasteiger partial charge in [0.25, 0.3) is 18.2 Å². The number of hydrogen-bond acceptors (Lipinski definition) is 4. The second kappa shape index (κ2) is 9.04. The minimum absolute atomic E-state index is 0.252. The van der Waals surface area contributed by atoms with Crippen LogP contribution in [0.5, 0.6) is 0 Å². The van der Waals surface area contributed by atoms with Crippen LogP contribution >= 0.6 is 11.8 Å². The van der Waals surface area contributed by atoms with Crippen molar-refractivity contribution < 1.29 is 31.5 Å². The maximum absolute atomic E-state index is 13.1. The number of aromatic amines is 1. The van der Waals surface area contributed by atoms with Crippen molar-refractivity contribution in [3.05, 3.63) is 46.8 Å². The molecule has 1 aromatic heterocycles. The van der Waals surface area contributed by atoms with E-state index in [0.717, 1.165) is 12.1 Å². The number of carbonyl (C=O) groups is 2. The van der Waals surface area contributed by atoms with Gasteiger partial charge in [0.1, 0.15) is 5.69 Å². The van der Waals surface area contributed by atoms with Gasteiger partial charge >= 0.3 is 6.18 Å². The molecule has 0 aliphatic rings. The van der Waals surface area contributed by atoms with Crippen LogP contribution < -0.4 is 10.6 Å². The highest BCUT2D eigenvalue weighted by atomic mass is 32.2. The number of anilines is 1. The molecule has 152 valence electrons. The van der Waals surface area contributed by atoms with Gasteiger partial charge in [-0.2, -0.15) is 30.0 Å².